The van der Waals surface area contributed by atoms with E-state index in [9.17, 15) is 14.4 Å². The van der Waals surface area contributed by atoms with E-state index < -0.39 is 30.0 Å². The first kappa shape index (κ1) is 25.0. The maximum atomic E-state index is 12.9. The molecule has 2 amide bonds. The summed E-state index contributed by atoms with van der Waals surface area (Å²) in [5.41, 5.74) is 4.80. The third kappa shape index (κ3) is 9.32. The van der Waals surface area contributed by atoms with Crippen LogP contribution in [0.15, 0.2) is 30.3 Å². The Balaban J connectivity index is 2.86. The van der Waals surface area contributed by atoms with Crippen LogP contribution in [-0.2, 0) is 25.5 Å². The van der Waals surface area contributed by atoms with Crippen LogP contribution in [0.25, 0.3) is 0 Å². The molecule has 1 aromatic rings. The average Bonchev–Trinajstić information content (AvgIpc) is 2.70. The van der Waals surface area contributed by atoms with E-state index in [1.54, 1.807) is 11.8 Å². The van der Waals surface area contributed by atoms with Gasteiger partial charge in [0.05, 0.1) is 7.11 Å². The molecule has 5 N–H and O–H groups in total. The number of rotatable bonds is 12. The second-order valence-corrected chi connectivity index (χ2v) is 8.43. The van der Waals surface area contributed by atoms with Gasteiger partial charge in [-0.15, -0.1) is 0 Å². The zero-order valence-corrected chi connectivity index (χ0v) is 18.6. The van der Waals surface area contributed by atoms with Gasteiger partial charge in [0.25, 0.3) is 5.91 Å². The molecule has 0 saturated heterocycles. The molecule has 0 aliphatic rings. The minimum absolute atomic E-state index is 0.186. The van der Waals surface area contributed by atoms with E-state index in [0.717, 1.165) is 11.3 Å². The van der Waals surface area contributed by atoms with E-state index in [1.807, 2.05) is 50.4 Å². The van der Waals surface area contributed by atoms with Gasteiger partial charge >= 0.3 is 5.97 Å². The number of ether oxygens (including phenoxy) is 1. The molecule has 7 nitrogen and oxygen atoms in total. The summed E-state index contributed by atoms with van der Waals surface area (Å²) in [6.45, 7) is 3.95. The Morgan fingerprint density at radius 3 is 2.24 bits per heavy atom. The number of carbonyl (C=O) groups excluding carboxylic acids is 3. The highest BCUT2D eigenvalue weighted by Gasteiger charge is 2.29. The number of carbonyl (C=O) groups is 3. The van der Waals surface area contributed by atoms with E-state index in [1.165, 1.54) is 7.11 Å². The lowest BCUT2D eigenvalue weighted by Crippen LogP contribution is -2.69. The van der Waals surface area contributed by atoms with Crippen LogP contribution >= 0.6 is 11.8 Å². The maximum Gasteiger partial charge on any atom is 0.328 e. The summed E-state index contributed by atoms with van der Waals surface area (Å²) in [5, 5.41) is 5.56. The van der Waals surface area contributed by atoms with E-state index in [-0.39, 0.29) is 11.8 Å². The fourth-order valence-electron chi connectivity index (χ4n) is 2.84. The Bertz CT molecular complexity index is 655. The van der Waals surface area contributed by atoms with E-state index in [0.29, 0.717) is 19.3 Å². The summed E-state index contributed by atoms with van der Waals surface area (Å²) >= 11 is 1.65. The molecule has 0 saturated carbocycles. The van der Waals surface area contributed by atoms with Gasteiger partial charge in [-0.25, -0.2) is 4.79 Å². The number of esters is 1. The van der Waals surface area contributed by atoms with Crippen molar-refractivity contribution < 1.29 is 24.9 Å². The molecule has 8 heteroatoms. The molecule has 3 unspecified atom stereocenters. The maximum absolute atomic E-state index is 12.9. The van der Waals surface area contributed by atoms with Gasteiger partial charge in [-0.2, -0.15) is 11.8 Å². The van der Waals surface area contributed by atoms with Crippen LogP contribution in [0.1, 0.15) is 32.3 Å². The van der Waals surface area contributed by atoms with Crippen molar-refractivity contribution in [3.63, 3.8) is 0 Å². The van der Waals surface area contributed by atoms with E-state index in [2.05, 4.69) is 16.4 Å². The quantitative estimate of drug-likeness (QED) is 0.429. The monoisotopic (exact) mass is 424 g/mol. The van der Waals surface area contributed by atoms with Gasteiger partial charge in [0.1, 0.15) is 12.1 Å². The molecule has 0 aromatic heterocycles. The third-order valence-electron chi connectivity index (χ3n) is 4.47. The number of methoxy groups -OCH3 is 1. The van der Waals surface area contributed by atoms with Crippen molar-refractivity contribution >= 4 is 29.5 Å². The normalized spacial score (nSPS) is 14.0. The summed E-state index contributed by atoms with van der Waals surface area (Å²) in [6.07, 6.45) is 3.39. The highest BCUT2D eigenvalue weighted by molar-refractivity contribution is 7.98. The fraction of sp³-hybridized carbons (Fsp3) is 0.571. The van der Waals surface area contributed by atoms with Crippen LogP contribution in [0.3, 0.4) is 0 Å². The van der Waals surface area contributed by atoms with Crippen molar-refractivity contribution in [2.24, 2.45) is 5.92 Å². The SMILES string of the molecule is COC(=O)C(Cc1ccccc1)NC(=O)C(CC(C)C)NC(=O)C([NH3+])CCSC. The van der Waals surface area contributed by atoms with Gasteiger partial charge in [0.2, 0.25) is 5.91 Å². The van der Waals surface area contributed by atoms with Gasteiger partial charge in [-0.3, -0.25) is 9.59 Å². The van der Waals surface area contributed by atoms with Crippen molar-refractivity contribution in [1.29, 1.82) is 0 Å². The molecular weight excluding hydrogens is 390 g/mol. The number of hydrogen-bond donors (Lipinski definition) is 3. The number of hydrogen-bond acceptors (Lipinski definition) is 5. The second kappa shape index (κ2) is 13.2. The van der Waals surface area contributed by atoms with Crippen molar-refractivity contribution in [3.05, 3.63) is 35.9 Å². The first-order chi connectivity index (χ1) is 13.8. The molecule has 3 atom stereocenters. The van der Waals surface area contributed by atoms with Crippen molar-refractivity contribution in [2.75, 3.05) is 19.1 Å². The third-order valence-corrected chi connectivity index (χ3v) is 5.11. The average molecular weight is 425 g/mol. The first-order valence-electron chi connectivity index (χ1n) is 9.83. The van der Waals surface area contributed by atoms with Crippen LogP contribution < -0.4 is 16.4 Å². The minimum atomic E-state index is -0.825. The number of quaternary nitrogens is 1. The molecule has 1 aromatic carbocycles. The lowest BCUT2D eigenvalue weighted by atomic mass is 10.0. The predicted molar refractivity (Wildman–Crippen MR) is 115 cm³/mol. The van der Waals surface area contributed by atoms with E-state index in [4.69, 9.17) is 4.74 Å². The second-order valence-electron chi connectivity index (χ2n) is 7.44. The zero-order valence-electron chi connectivity index (χ0n) is 17.8. The number of nitrogens with one attached hydrogen (secondary N) is 2. The highest BCUT2D eigenvalue weighted by Crippen LogP contribution is 2.09. The standard InChI is InChI=1S/C21H33N3O4S/c1-14(2)12-17(23-19(25)16(22)10-11-29-4)20(26)24-18(21(27)28-3)13-15-8-6-5-7-9-15/h5-9,14,16-18H,10-13,22H2,1-4H3,(H,23,25)(H,24,26)/p+1. The predicted octanol–water partition coefficient (Wildman–Crippen LogP) is 0.781. The van der Waals surface area contributed by atoms with Crippen molar-refractivity contribution in [3.8, 4) is 0 Å². The molecule has 29 heavy (non-hydrogen) atoms. The Hall–Kier alpha value is -2.06. The highest BCUT2D eigenvalue weighted by atomic mass is 32.2. The summed E-state index contributed by atoms with van der Waals surface area (Å²) in [6, 6.07) is 7.41. The van der Waals surface area contributed by atoms with Crippen molar-refractivity contribution in [2.45, 2.75) is 51.2 Å². The minimum Gasteiger partial charge on any atom is -0.467 e. The van der Waals surface area contributed by atoms with Crippen LogP contribution in [-0.4, -0.2) is 55.0 Å². The summed E-state index contributed by atoms with van der Waals surface area (Å²) in [5.74, 6) is -0.157. The van der Waals surface area contributed by atoms with Crippen LogP contribution in [0, 0.1) is 5.92 Å². The summed E-state index contributed by atoms with van der Waals surface area (Å²) < 4.78 is 4.86. The zero-order chi connectivity index (χ0) is 21.8. The van der Waals surface area contributed by atoms with Crippen LogP contribution in [0.2, 0.25) is 0 Å². The van der Waals surface area contributed by atoms with Gasteiger partial charge in [-0.1, -0.05) is 44.2 Å². The Morgan fingerprint density at radius 2 is 1.69 bits per heavy atom. The lowest BCUT2D eigenvalue weighted by Gasteiger charge is -2.24. The summed E-state index contributed by atoms with van der Waals surface area (Å²) in [4.78, 5) is 37.6. The van der Waals surface area contributed by atoms with Gasteiger partial charge < -0.3 is 21.1 Å². The molecule has 162 valence electrons. The molecule has 0 heterocycles. The van der Waals surface area contributed by atoms with Crippen LogP contribution in [0.5, 0.6) is 0 Å². The molecule has 0 aliphatic heterocycles. The smallest absolute Gasteiger partial charge is 0.328 e. The largest absolute Gasteiger partial charge is 0.467 e. The number of benzene rings is 1. The first-order valence-corrected chi connectivity index (χ1v) is 11.2. The Morgan fingerprint density at radius 1 is 1.07 bits per heavy atom. The fourth-order valence-corrected chi connectivity index (χ4v) is 3.36. The lowest BCUT2D eigenvalue weighted by molar-refractivity contribution is -0.404. The molecule has 0 aliphatic carbocycles. The molecule has 1 rings (SSSR count). The van der Waals surface area contributed by atoms with E-state index >= 15 is 0 Å². The van der Waals surface area contributed by atoms with Gasteiger partial charge in [0.15, 0.2) is 6.04 Å². The van der Waals surface area contributed by atoms with Crippen molar-refractivity contribution in [1.82, 2.24) is 10.6 Å². The molecule has 0 spiro atoms. The Labute approximate surface area is 177 Å². The molecule has 0 bridgehead atoms. The number of thioether (sulfide) groups is 1. The molecular formula is C21H34N3O4S+. The molecule has 0 fully saturated rings. The Kier molecular flexibility index (Phi) is 11.4. The van der Waals surface area contributed by atoms with Gasteiger partial charge in [-0.05, 0) is 29.9 Å². The topological polar surface area (TPSA) is 112 Å². The summed E-state index contributed by atoms with van der Waals surface area (Å²) in [7, 11) is 1.29. The molecule has 0 radical (unpaired) electrons. The van der Waals surface area contributed by atoms with Gasteiger partial charge in [0, 0.05) is 12.8 Å². The van der Waals surface area contributed by atoms with Crippen LogP contribution in [0.4, 0.5) is 0 Å². The number of amides is 2.